The number of aromatic nitrogens is 1. The maximum absolute atomic E-state index is 12.7. The lowest BCUT2D eigenvalue weighted by atomic mass is 10.2. The van der Waals surface area contributed by atoms with Crippen molar-refractivity contribution in [3.8, 4) is 10.6 Å². The zero-order chi connectivity index (χ0) is 17.3. The summed E-state index contributed by atoms with van der Waals surface area (Å²) in [6.07, 6.45) is 0.00980. The first kappa shape index (κ1) is 16.9. The van der Waals surface area contributed by atoms with Gasteiger partial charge in [0.2, 0.25) is 0 Å². The minimum atomic E-state index is -1.03. The number of ether oxygens (including phenoxy) is 1. The van der Waals surface area contributed by atoms with E-state index in [0.717, 1.165) is 5.56 Å². The van der Waals surface area contributed by atoms with Crippen LogP contribution in [0.15, 0.2) is 29.6 Å². The van der Waals surface area contributed by atoms with E-state index < -0.39 is 17.9 Å². The van der Waals surface area contributed by atoms with Crippen molar-refractivity contribution in [2.75, 3.05) is 13.7 Å². The molecule has 126 valence electrons. The summed E-state index contributed by atoms with van der Waals surface area (Å²) >= 11 is 7.20. The molecule has 1 aromatic heterocycles. The molecule has 2 heterocycles. The van der Waals surface area contributed by atoms with Gasteiger partial charge in [-0.25, -0.2) is 9.78 Å². The van der Waals surface area contributed by atoms with Gasteiger partial charge < -0.3 is 14.7 Å². The van der Waals surface area contributed by atoms with Gasteiger partial charge in [0.1, 0.15) is 16.7 Å². The number of halogens is 1. The van der Waals surface area contributed by atoms with Crippen LogP contribution in [0.5, 0.6) is 0 Å². The molecular weight excluding hydrogens is 352 g/mol. The average Bonchev–Trinajstić information content (AvgIpc) is 3.22. The Kier molecular flexibility index (Phi) is 4.84. The number of benzene rings is 1. The van der Waals surface area contributed by atoms with Crippen molar-refractivity contribution in [3.63, 3.8) is 0 Å². The van der Waals surface area contributed by atoms with Gasteiger partial charge in [-0.05, 0) is 12.1 Å². The number of hydrogen-bond acceptors (Lipinski definition) is 5. The molecule has 2 unspecified atom stereocenters. The first-order valence-corrected chi connectivity index (χ1v) is 8.53. The van der Waals surface area contributed by atoms with Gasteiger partial charge >= 0.3 is 5.97 Å². The molecule has 2 aromatic rings. The molecule has 1 fully saturated rings. The summed E-state index contributed by atoms with van der Waals surface area (Å²) in [7, 11) is 1.51. The summed E-state index contributed by atoms with van der Waals surface area (Å²) in [6.45, 7) is 0.250. The SMILES string of the molecule is COC1CC(C(=O)O)N(C(=O)c2csc(-c3ccc(Cl)cc3)n2)C1. The van der Waals surface area contributed by atoms with Crippen molar-refractivity contribution in [2.45, 2.75) is 18.6 Å². The lowest BCUT2D eigenvalue weighted by Gasteiger charge is -2.19. The van der Waals surface area contributed by atoms with Gasteiger partial charge in [0.25, 0.3) is 5.91 Å². The van der Waals surface area contributed by atoms with E-state index in [2.05, 4.69) is 4.98 Å². The molecule has 8 heteroatoms. The molecule has 0 radical (unpaired) electrons. The summed E-state index contributed by atoms with van der Waals surface area (Å²) in [5, 5.41) is 12.3. The van der Waals surface area contributed by atoms with Crippen molar-refractivity contribution < 1.29 is 19.4 Å². The number of carboxylic acids is 1. The number of carbonyl (C=O) groups is 2. The van der Waals surface area contributed by atoms with Crippen LogP contribution in [-0.4, -0.2) is 52.7 Å². The third kappa shape index (κ3) is 3.28. The average molecular weight is 367 g/mol. The third-order valence-corrected chi connectivity index (χ3v) is 5.10. The third-order valence-electron chi connectivity index (χ3n) is 3.96. The van der Waals surface area contributed by atoms with Gasteiger partial charge in [0, 0.05) is 36.0 Å². The van der Waals surface area contributed by atoms with E-state index in [1.54, 1.807) is 17.5 Å². The number of nitrogens with zero attached hydrogens (tertiary/aromatic N) is 2. The fourth-order valence-electron chi connectivity index (χ4n) is 2.67. The predicted molar refractivity (Wildman–Crippen MR) is 90.4 cm³/mol. The van der Waals surface area contributed by atoms with E-state index in [-0.39, 0.29) is 24.8 Å². The van der Waals surface area contributed by atoms with Crippen LogP contribution in [0.1, 0.15) is 16.9 Å². The summed E-state index contributed by atoms with van der Waals surface area (Å²) in [6, 6.07) is 6.27. The summed E-state index contributed by atoms with van der Waals surface area (Å²) < 4.78 is 5.21. The van der Waals surface area contributed by atoms with Crippen molar-refractivity contribution in [3.05, 3.63) is 40.4 Å². The highest BCUT2D eigenvalue weighted by Gasteiger charge is 2.40. The summed E-state index contributed by atoms with van der Waals surface area (Å²) in [5.41, 5.74) is 1.10. The molecule has 1 N–H and O–H groups in total. The molecule has 24 heavy (non-hydrogen) atoms. The molecule has 1 aliphatic heterocycles. The Morgan fingerprint density at radius 2 is 2.08 bits per heavy atom. The van der Waals surface area contributed by atoms with Crippen LogP contribution < -0.4 is 0 Å². The monoisotopic (exact) mass is 366 g/mol. The minimum absolute atomic E-state index is 0.243. The van der Waals surface area contributed by atoms with Gasteiger partial charge in [-0.1, -0.05) is 23.7 Å². The second-order valence-electron chi connectivity index (χ2n) is 5.45. The molecular formula is C16H15ClN2O4S. The maximum atomic E-state index is 12.7. The fourth-order valence-corrected chi connectivity index (χ4v) is 3.60. The highest BCUT2D eigenvalue weighted by molar-refractivity contribution is 7.13. The molecule has 0 bridgehead atoms. The van der Waals surface area contributed by atoms with Gasteiger partial charge in [-0.3, -0.25) is 4.79 Å². The normalized spacial score (nSPS) is 20.3. The Hall–Kier alpha value is -1.96. The molecule has 0 aliphatic carbocycles. The number of carboxylic acid groups (broad SMARTS) is 1. The van der Waals surface area contributed by atoms with Crippen molar-refractivity contribution in [2.24, 2.45) is 0 Å². The van der Waals surface area contributed by atoms with Crippen molar-refractivity contribution >= 4 is 34.8 Å². The van der Waals surface area contributed by atoms with E-state index in [1.165, 1.54) is 23.3 Å². The number of rotatable bonds is 4. The highest BCUT2D eigenvalue weighted by Crippen LogP contribution is 2.28. The van der Waals surface area contributed by atoms with E-state index in [9.17, 15) is 14.7 Å². The molecule has 1 aromatic carbocycles. The zero-order valence-electron chi connectivity index (χ0n) is 12.8. The lowest BCUT2D eigenvalue weighted by molar-refractivity contribution is -0.141. The number of thiazole rings is 1. The molecule has 1 aliphatic rings. The molecule has 0 spiro atoms. The van der Waals surface area contributed by atoms with Gasteiger partial charge in [0.05, 0.1) is 6.10 Å². The molecule has 6 nitrogen and oxygen atoms in total. The first-order valence-electron chi connectivity index (χ1n) is 7.27. The highest BCUT2D eigenvalue weighted by atomic mass is 35.5. The van der Waals surface area contributed by atoms with E-state index in [1.807, 2.05) is 12.1 Å². The number of hydrogen-bond donors (Lipinski definition) is 1. The Balaban J connectivity index is 1.82. The smallest absolute Gasteiger partial charge is 0.326 e. The fraction of sp³-hybridized carbons (Fsp3) is 0.312. The van der Waals surface area contributed by atoms with Crippen LogP contribution in [0.3, 0.4) is 0 Å². The van der Waals surface area contributed by atoms with Gasteiger partial charge in [-0.2, -0.15) is 0 Å². The van der Waals surface area contributed by atoms with Gasteiger partial charge in [-0.15, -0.1) is 11.3 Å². The molecule has 3 rings (SSSR count). The molecule has 2 atom stereocenters. The quantitative estimate of drug-likeness (QED) is 0.900. The van der Waals surface area contributed by atoms with Crippen LogP contribution in [0.25, 0.3) is 10.6 Å². The lowest BCUT2D eigenvalue weighted by Crippen LogP contribution is -2.40. The van der Waals surface area contributed by atoms with Crippen LogP contribution in [0.4, 0.5) is 0 Å². The Labute approximate surface area is 147 Å². The number of aliphatic carboxylic acids is 1. The van der Waals surface area contributed by atoms with Crippen LogP contribution in [0, 0.1) is 0 Å². The Bertz CT molecular complexity index is 762. The molecule has 0 saturated carbocycles. The largest absolute Gasteiger partial charge is 0.480 e. The number of likely N-dealkylation sites (tertiary alicyclic amines) is 1. The summed E-state index contributed by atoms with van der Waals surface area (Å²) in [4.78, 5) is 29.7. The minimum Gasteiger partial charge on any atom is -0.480 e. The van der Waals surface area contributed by atoms with Crippen molar-refractivity contribution in [1.82, 2.24) is 9.88 Å². The van der Waals surface area contributed by atoms with E-state index in [4.69, 9.17) is 16.3 Å². The Morgan fingerprint density at radius 1 is 1.38 bits per heavy atom. The van der Waals surface area contributed by atoms with Crippen LogP contribution in [-0.2, 0) is 9.53 Å². The second kappa shape index (κ2) is 6.88. The first-order chi connectivity index (χ1) is 11.5. The number of methoxy groups -OCH3 is 1. The second-order valence-corrected chi connectivity index (χ2v) is 6.74. The molecule has 1 saturated heterocycles. The number of carbonyl (C=O) groups excluding carboxylic acids is 1. The standard InChI is InChI=1S/C16H15ClN2O4S/c1-23-11-6-13(16(21)22)19(7-11)15(20)12-8-24-14(18-12)9-2-4-10(17)5-3-9/h2-5,8,11,13H,6-7H2,1H3,(H,21,22). The Morgan fingerprint density at radius 3 is 2.71 bits per heavy atom. The zero-order valence-corrected chi connectivity index (χ0v) is 14.4. The van der Waals surface area contributed by atoms with E-state index in [0.29, 0.717) is 10.0 Å². The summed E-state index contributed by atoms with van der Waals surface area (Å²) in [5.74, 6) is -1.42. The van der Waals surface area contributed by atoms with Crippen LogP contribution in [0.2, 0.25) is 5.02 Å². The van der Waals surface area contributed by atoms with Crippen molar-refractivity contribution in [1.29, 1.82) is 0 Å². The van der Waals surface area contributed by atoms with Crippen LogP contribution >= 0.6 is 22.9 Å². The molecule has 1 amide bonds. The maximum Gasteiger partial charge on any atom is 0.326 e. The predicted octanol–water partition coefficient (Wildman–Crippen LogP) is 2.78. The van der Waals surface area contributed by atoms with Gasteiger partial charge in [0.15, 0.2) is 0 Å². The topological polar surface area (TPSA) is 79.7 Å². The van der Waals surface area contributed by atoms with E-state index >= 15 is 0 Å². The number of amides is 1.